The van der Waals surface area contributed by atoms with E-state index in [4.69, 9.17) is 21.1 Å². The fourth-order valence-corrected chi connectivity index (χ4v) is 6.29. The number of esters is 1. The van der Waals surface area contributed by atoms with E-state index in [1.54, 1.807) is 13.8 Å². The van der Waals surface area contributed by atoms with E-state index >= 15 is 0 Å². The fourth-order valence-electron chi connectivity index (χ4n) is 4.20. The van der Waals surface area contributed by atoms with Gasteiger partial charge in [-0.3, -0.25) is 4.79 Å². The Kier molecular flexibility index (Phi) is 8.55. The largest absolute Gasteiger partial charge is 0.452 e. The van der Waals surface area contributed by atoms with Gasteiger partial charge in [0.1, 0.15) is 4.90 Å². The first-order chi connectivity index (χ1) is 15.2. The molecule has 1 N–H and O–H groups in total. The summed E-state index contributed by atoms with van der Waals surface area (Å²) >= 11 is 6.17. The third kappa shape index (κ3) is 6.43. The van der Waals surface area contributed by atoms with Crippen LogP contribution in [0.3, 0.4) is 0 Å². The number of nitrogens with zero attached hydrogens (tertiary/aromatic N) is 1. The van der Waals surface area contributed by atoms with E-state index in [0.29, 0.717) is 0 Å². The summed E-state index contributed by atoms with van der Waals surface area (Å²) in [4.78, 5) is 24.5. The molecule has 2 unspecified atom stereocenters. The lowest BCUT2D eigenvalue weighted by atomic mass is 10.1. The number of nitrogens with one attached hydrogen (secondary N) is 1. The highest BCUT2D eigenvalue weighted by molar-refractivity contribution is 7.89. The summed E-state index contributed by atoms with van der Waals surface area (Å²) in [6.07, 6.45) is 5.84. The molecule has 0 bridgehead atoms. The van der Waals surface area contributed by atoms with Gasteiger partial charge in [0, 0.05) is 19.1 Å². The number of carbonyl (C=O) groups is 2. The van der Waals surface area contributed by atoms with Crippen molar-refractivity contribution in [3.63, 3.8) is 0 Å². The second-order valence-electron chi connectivity index (χ2n) is 8.56. The summed E-state index contributed by atoms with van der Waals surface area (Å²) in [6.45, 7) is 3.57. The Morgan fingerprint density at radius 2 is 1.75 bits per heavy atom. The maximum atomic E-state index is 13.2. The maximum Gasteiger partial charge on any atom is 0.338 e. The average Bonchev–Trinajstić information content (AvgIpc) is 3.00. The molecule has 1 aliphatic carbocycles. The second kappa shape index (κ2) is 11.0. The van der Waals surface area contributed by atoms with Gasteiger partial charge in [-0.2, -0.15) is 4.31 Å². The van der Waals surface area contributed by atoms with E-state index in [-0.39, 0.29) is 52.7 Å². The van der Waals surface area contributed by atoms with Crippen LogP contribution in [-0.2, 0) is 24.3 Å². The van der Waals surface area contributed by atoms with Crippen LogP contribution >= 0.6 is 11.6 Å². The van der Waals surface area contributed by atoms with Crippen LogP contribution in [0.4, 0.5) is 0 Å². The van der Waals surface area contributed by atoms with Crippen molar-refractivity contribution >= 4 is 33.5 Å². The first kappa shape index (κ1) is 25.0. The van der Waals surface area contributed by atoms with Crippen molar-refractivity contribution < 1.29 is 27.5 Å². The molecule has 1 aromatic carbocycles. The second-order valence-corrected chi connectivity index (χ2v) is 10.9. The van der Waals surface area contributed by atoms with Gasteiger partial charge in [-0.25, -0.2) is 13.2 Å². The van der Waals surface area contributed by atoms with Crippen LogP contribution in [0, 0.1) is 0 Å². The van der Waals surface area contributed by atoms with Gasteiger partial charge in [0.15, 0.2) is 6.61 Å². The average molecular weight is 487 g/mol. The highest BCUT2D eigenvalue weighted by Gasteiger charge is 2.34. The van der Waals surface area contributed by atoms with Gasteiger partial charge in [0.05, 0.1) is 22.8 Å². The molecule has 1 amide bonds. The number of carbonyl (C=O) groups excluding carboxylic acids is 2. The zero-order chi connectivity index (χ0) is 23.3. The highest BCUT2D eigenvalue weighted by Crippen LogP contribution is 2.28. The summed E-state index contributed by atoms with van der Waals surface area (Å²) < 4.78 is 38.4. The Labute approximate surface area is 194 Å². The monoisotopic (exact) mass is 486 g/mol. The van der Waals surface area contributed by atoms with Crippen molar-refractivity contribution in [1.29, 1.82) is 0 Å². The number of halogens is 1. The van der Waals surface area contributed by atoms with Gasteiger partial charge < -0.3 is 14.8 Å². The quantitative estimate of drug-likeness (QED) is 0.489. The number of ether oxygens (including phenoxy) is 2. The molecule has 1 saturated carbocycles. The summed E-state index contributed by atoms with van der Waals surface area (Å²) in [5, 5.41) is 2.92. The molecule has 2 fully saturated rings. The number of rotatable bonds is 6. The zero-order valence-electron chi connectivity index (χ0n) is 18.5. The maximum absolute atomic E-state index is 13.2. The van der Waals surface area contributed by atoms with E-state index in [9.17, 15) is 18.0 Å². The van der Waals surface area contributed by atoms with Crippen molar-refractivity contribution in [2.75, 3.05) is 19.7 Å². The van der Waals surface area contributed by atoms with E-state index in [1.807, 2.05) is 0 Å². The van der Waals surface area contributed by atoms with Gasteiger partial charge in [-0.05, 0) is 44.9 Å². The summed E-state index contributed by atoms with van der Waals surface area (Å²) in [5.41, 5.74) is 0.0181. The summed E-state index contributed by atoms with van der Waals surface area (Å²) in [6, 6.07) is 4.05. The number of hydrogen-bond donors (Lipinski definition) is 1. The molecule has 1 aromatic rings. The molecule has 3 rings (SSSR count). The SMILES string of the molecule is CC1CN(S(=O)(=O)c2cc(C(=O)OCC(=O)NC3CCCCCC3)ccc2Cl)CC(C)O1. The van der Waals surface area contributed by atoms with Gasteiger partial charge in [-0.1, -0.05) is 37.3 Å². The minimum atomic E-state index is -3.93. The number of amides is 1. The molecule has 1 aliphatic heterocycles. The number of morpholine rings is 1. The molecular weight excluding hydrogens is 456 g/mol. The molecule has 0 aromatic heterocycles. The lowest BCUT2D eigenvalue weighted by Gasteiger charge is -2.34. The molecule has 1 heterocycles. The lowest BCUT2D eigenvalue weighted by Crippen LogP contribution is -2.48. The fraction of sp³-hybridized carbons (Fsp3) is 0.636. The predicted molar refractivity (Wildman–Crippen MR) is 120 cm³/mol. The van der Waals surface area contributed by atoms with E-state index in [0.717, 1.165) is 25.7 Å². The van der Waals surface area contributed by atoms with Crippen LogP contribution in [0.2, 0.25) is 5.02 Å². The van der Waals surface area contributed by atoms with Crippen LogP contribution in [0.1, 0.15) is 62.7 Å². The Balaban J connectivity index is 1.65. The molecule has 10 heteroatoms. The molecule has 1 saturated heterocycles. The van der Waals surface area contributed by atoms with Crippen LogP contribution in [0.25, 0.3) is 0 Å². The topological polar surface area (TPSA) is 102 Å². The van der Waals surface area contributed by atoms with E-state index < -0.39 is 22.6 Å². The van der Waals surface area contributed by atoms with Crippen molar-refractivity contribution in [1.82, 2.24) is 9.62 Å². The third-order valence-electron chi connectivity index (χ3n) is 5.73. The molecule has 2 aliphatic rings. The normalized spacial score (nSPS) is 23.3. The first-order valence-electron chi connectivity index (χ1n) is 11.1. The Bertz CT molecular complexity index is 920. The van der Waals surface area contributed by atoms with Crippen LogP contribution in [-0.4, -0.2) is 62.5 Å². The number of benzene rings is 1. The van der Waals surface area contributed by atoms with E-state index in [1.165, 1.54) is 35.3 Å². The molecule has 2 atom stereocenters. The molecule has 178 valence electrons. The van der Waals surface area contributed by atoms with Crippen molar-refractivity contribution in [2.45, 2.75) is 75.5 Å². The number of sulfonamides is 1. The Morgan fingerprint density at radius 3 is 2.38 bits per heavy atom. The summed E-state index contributed by atoms with van der Waals surface area (Å²) in [7, 11) is -3.93. The number of hydrogen-bond acceptors (Lipinski definition) is 6. The van der Waals surface area contributed by atoms with Crippen molar-refractivity contribution in [2.24, 2.45) is 0 Å². The first-order valence-corrected chi connectivity index (χ1v) is 12.9. The minimum Gasteiger partial charge on any atom is -0.452 e. The standard InChI is InChI=1S/C22H31ClN2O6S/c1-15-12-25(13-16(2)31-15)32(28,29)20-11-17(9-10-19(20)23)22(27)30-14-21(26)24-18-7-5-3-4-6-8-18/h9-11,15-16,18H,3-8,12-14H2,1-2H3,(H,24,26). The van der Waals surface area contributed by atoms with Crippen molar-refractivity contribution in [3.8, 4) is 0 Å². The molecule has 0 radical (unpaired) electrons. The van der Waals surface area contributed by atoms with Crippen molar-refractivity contribution in [3.05, 3.63) is 28.8 Å². The Hall–Kier alpha value is -1.68. The van der Waals surface area contributed by atoms with Gasteiger partial charge >= 0.3 is 5.97 Å². The smallest absolute Gasteiger partial charge is 0.338 e. The highest BCUT2D eigenvalue weighted by atomic mass is 35.5. The van der Waals surface area contributed by atoms with Gasteiger partial charge in [0.25, 0.3) is 5.91 Å². The third-order valence-corrected chi connectivity index (χ3v) is 8.04. The van der Waals surface area contributed by atoms with Crippen LogP contribution < -0.4 is 5.32 Å². The molecular formula is C22H31ClN2O6S. The molecule has 32 heavy (non-hydrogen) atoms. The van der Waals surface area contributed by atoms with Gasteiger partial charge in [-0.15, -0.1) is 0 Å². The van der Waals surface area contributed by atoms with Crippen LogP contribution in [0.5, 0.6) is 0 Å². The predicted octanol–water partition coefficient (Wildman–Crippen LogP) is 3.13. The van der Waals surface area contributed by atoms with Gasteiger partial charge in [0.2, 0.25) is 10.0 Å². The van der Waals surface area contributed by atoms with E-state index in [2.05, 4.69) is 5.32 Å². The zero-order valence-corrected chi connectivity index (χ0v) is 20.1. The Morgan fingerprint density at radius 1 is 1.12 bits per heavy atom. The molecule has 8 nitrogen and oxygen atoms in total. The summed E-state index contributed by atoms with van der Waals surface area (Å²) in [5.74, 6) is -1.14. The van der Waals surface area contributed by atoms with Crippen LogP contribution in [0.15, 0.2) is 23.1 Å². The minimum absolute atomic E-state index is 0.0134. The lowest BCUT2D eigenvalue weighted by molar-refractivity contribution is -0.125. The molecule has 0 spiro atoms.